The predicted octanol–water partition coefficient (Wildman–Crippen LogP) is 4.91. The van der Waals surface area contributed by atoms with Crippen molar-refractivity contribution >= 4 is 35.0 Å². The van der Waals surface area contributed by atoms with Crippen LogP contribution in [0, 0.1) is 10.1 Å². The Bertz CT molecular complexity index is 1130. The molecule has 0 aliphatic heterocycles. The first-order valence-corrected chi connectivity index (χ1v) is 7.99. The number of nitro benzene ring substituents is 1. The standard InChI is InChI=1S/C18H11ClN4O3/c19-13-6-7-16-21-17(15-5-2-8-26-15)18(22(16)11-13)20-10-12-3-1-4-14(9-12)23(24)25/h1-11H/b20-10+. The lowest BCUT2D eigenvalue weighted by atomic mass is 10.2. The van der Waals surface area contributed by atoms with Gasteiger partial charge in [0.2, 0.25) is 0 Å². The molecule has 0 aliphatic carbocycles. The molecule has 0 amide bonds. The van der Waals surface area contributed by atoms with Crippen LogP contribution in [0.1, 0.15) is 5.56 Å². The molecule has 0 saturated heterocycles. The van der Waals surface area contributed by atoms with Gasteiger partial charge in [0, 0.05) is 24.5 Å². The number of pyridine rings is 1. The zero-order chi connectivity index (χ0) is 18.1. The highest BCUT2D eigenvalue weighted by atomic mass is 35.5. The minimum atomic E-state index is -0.445. The maximum absolute atomic E-state index is 10.9. The number of rotatable bonds is 4. The summed E-state index contributed by atoms with van der Waals surface area (Å²) in [6.07, 6.45) is 4.81. The number of furan rings is 1. The second-order valence-corrected chi connectivity index (χ2v) is 5.88. The molecule has 128 valence electrons. The molecule has 26 heavy (non-hydrogen) atoms. The molecule has 0 aliphatic rings. The zero-order valence-electron chi connectivity index (χ0n) is 13.2. The van der Waals surface area contributed by atoms with E-state index in [-0.39, 0.29) is 5.69 Å². The van der Waals surface area contributed by atoms with Crippen LogP contribution in [0.25, 0.3) is 17.1 Å². The first-order chi connectivity index (χ1) is 12.6. The number of nitrogens with zero attached hydrogens (tertiary/aromatic N) is 4. The summed E-state index contributed by atoms with van der Waals surface area (Å²) in [5, 5.41) is 11.5. The Balaban J connectivity index is 1.84. The Kier molecular flexibility index (Phi) is 3.98. The zero-order valence-corrected chi connectivity index (χ0v) is 14.0. The SMILES string of the molecule is O=[N+]([O-])c1cccc(/C=N/c2c(-c3ccco3)nc3ccc(Cl)cn23)c1. The number of benzene rings is 1. The van der Waals surface area contributed by atoms with E-state index in [0.717, 1.165) is 0 Å². The number of non-ortho nitro benzene ring substituents is 1. The number of fused-ring (bicyclic) bond motifs is 1. The van der Waals surface area contributed by atoms with Gasteiger partial charge in [-0.1, -0.05) is 23.7 Å². The Hall–Kier alpha value is -3.45. The summed E-state index contributed by atoms with van der Waals surface area (Å²) < 4.78 is 7.19. The summed E-state index contributed by atoms with van der Waals surface area (Å²) in [4.78, 5) is 19.5. The van der Waals surface area contributed by atoms with E-state index in [9.17, 15) is 10.1 Å². The number of aromatic nitrogens is 2. The molecular formula is C18H11ClN4O3. The van der Waals surface area contributed by atoms with Crippen LogP contribution in [0.4, 0.5) is 11.5 Å². The van der Waals surface area contributed by atoms with Gasteiger partial charge in [-0.25, -0.2) is 9.98 Å². The van der Waals surface area contributed by atoms with E-state index < -0.39 is 4.92 Å². The van der Waals surface area contributed by atoms with Gasteiger partial charge >= 0.3 is 0 Å². The van der Waals surface area contributed by atoms with Crippen molar-refractivity contribution in [1.82, 2.24) is 9.38 Å². The van der Waals surface area contributed by atoms with Crippen molar-refractivity contribution in [2.45, 2.75) is 0 Å². The Morgan fingerprint density at radius 2 is 2.12 bits per heavy atom. The smallest absolute Gasteiger partial charge is 0.270 e. The van der Waals surface area contributed by atoms with E-state index in [4.69, 9.17) is 16.0 Å². The number of imidazole rings is 1. The number of halogens is 1. The second kappa shape index (κ2) is 6.45. The third kappa shape index (κ3) is 2.96. The topological polar surface area (TPSA) is 85.9 Å². The second-order valence-electron chi connectivity index (χ2n) is 5.45. The fourth-order valence-electron chi connectivity index (χ4n) is 2.56. The molecule has 4 rings (SSSR count). The van der Waals surface area contributed by atoms with E-state index in [2.05, 4.69) is 9.98 Å². The summed E-state index contributed by atoms with van der Waals surface area (Å²) >= 11 is 6.10. The van der Waals surface area contributed by atoms with Gasteiger partial charge in [0.1, 0.15) is 5.65 Å². The monoisotopic (exact) mass is 366 g/mol. The average molecular weight is 367 g/mol. The molecule has 0 saturated carbocycles. The van der Waals surface area contributed by atoms with Crippen LogP contribution in [-0.2, 0) is 0 Å². The maximum atomic E-state index is 10.9. The number of hydrogen-bond donors (Lipinski definition) is 0. The van der Waals surface area contributed by atoms with Crippen LogP contribution in [-0.4, -0.2) is 20.5 Å². The Morgan fingerprint density at radius 3 is 2.88 bits per heavy atom. The van der Waals surface area contributed by atoms with Crippen LogP contribution >= 0.6 is 11.6 Å². The molecule has 3 aromatic heterocycles. The van der Waals surface area contributed by atoms with Crippen molar-refractivity contribution in [2.24, 2.45) is 4.99 Å². The summed E-state index contributed by atoms with van der Waals surface area (Å²) in [6, 6.07) is 13.3. The first kappa shape index (κ1) is 16.0. The lowest BCUT2D eigenvalue weighted by molar-refractivity contribution is -0.384. The van der Waals surface area contributed by atoms with Crippen molar-refractivity contribution in [3.63, 3.8) is 0 Å². The molecule has 8 heteroatoms. The highest BCUT2D eigenvalue weighted by Gasteiger charge is 2.16. The van der Waals surface area contributed by atoms with Crippen molar-refractivity contribution in [3.05, 3.63) is 81.7 Å². The number of aliphatic imine (C=N–C) groups is 1. The number of hydrogen-bond acceptors (Lipinski definition) is 5. The lowest BCUT2D eigenvalue weighted by Crippen LogP contribution is -1.90. The number of nitro groups is 1. The molecule has 1 aromatic carbocycles. The van der Waals surface area contributed by atoms with Gasteiger partial charge in [-0.05, 0) is 29.8 Å². The third-order valence-electron chi connectivity index (χ3n) is 3.73. The molecule has 4 aromatic rings. The summed E-state index contributed by atoms with van der Waals surface area (Å²) in [5.41, 5.74) is 1.81. The molecule has 0 spiro atoms. The normalized spacial score (nSPS) is 11.4. The predicted molar refractivity (Wildman–Crippen MR) is 98.3 cm³/mol. The molecule has 0 atom stereocenters. The molecule has 3 heterocycles. The fourth-order valence-corrected chi connectivity index (χ4v) is 2.72. The minimum absolute atomic E-state index is 0.00129. The summed E-state index contributed by atoms with van der Waals surface area (Å²) in [7, 11) is 0. The van der Waals surface area contributed by atoms with Crippen LogP contribution in [0.5, 0.6) is 0 Å². The largest absolute Gasteiger partial charge is 0.463 e. The van der Waals surface area contributed by atoms with Gasteiger partial charge in [0.15, 0.2) is 17.3 Å². The van der Waals surface area contributed by atoms with Gasteiger partial charge in [0.05, 0.1) is 16.2 Å². The quantitative estimate of drug-likeness (QED) is 0.292. The molecule has 0 radical (unpaired) electrons. The van der Waals surface area contributed by atoms with Gasteiger partial charge in [-0.15, -0.1) is 0 Å². The first-order valence-electron chi connectivity index (χ1n) is 7.62. The highest BCUT2D eigenvalue weighted by Crippen LogP contribution is 2.32. The summed E-state index contributed by atoms with van der Waals surface area (Å²) in [5.74, 6) is 1.08. The van der Waals surface area contributed by atoms with Crippen LogP contribution in [0.2, 0.25) is 5.02 Å². The van der Waals surface area contributed by atoms with Gasteiger partial charge in [0.25, 0.3) is 5.69 Å². The minimum Gasteiger partial charge on any atom is -0.463 e. The molecule has 0 N–H and O–H groups in total. The van der Waals surface area contributed by atoms with E-state index >= 15 is 0 Å². The molecule has 0 bridgehead atoms. The molecule has 7 nitrogen and oxygen atoms in total. The third-order valence-corrected chi connectivity index (χ3v) is 3.95. The van der Waals surface area contributed by atoms with E-state index in [0.29, 0.717) is 33.5 Å². The van der Waals surface area contributed by atoms with Crippen molar-refractivity contribution in [3.8, 4) is 11.5 Å². The van der Waals surface area contributed by atoms with Crippen LogP contribution in [0.3, 0.4) is 0 Å². The molecule has 0 fully saturated rings. The van der Waals surface area contributed by atoms with E-state index in [1.54, 1.807) is 59.5 Å². The van der Waals surface area contributed by atoms with Gasteiger partial charge < -0.3 is 4.42 Å². The van der Waals surface area contributed by atoms with Gasteiger partial charge in [-0.2, -0.15) is 0 Å². The lowest BCUT2D eigenvalue weighted by Gasteiger charge is -1.99. The fraction of sp³-hybridized carbons (Fsp3) is 0. The molecule has 0 unspecified atom stereocenters. The average Bonchev–Trinajstić information content (AvgIpc) is 3.27. The van der Waals surface area contributed by atoms with Gasteiger partial charge in [-0.3, -0.25) is 14.5 Å². The Morgan fingerprint density at radius 1 is 1.23 bits per heavy atom. The van der Waals surface area contributed by atoms with Crippen molar-refractivity contribution in [1.29, 1.82) is 0 Å². The maximum Gasteiger partial charge on any atom is 0.270 e. The van der Waals surface area contributed by atoms with E-state index in [1.807, 2.05) is 0 Å². The Labute approximate surface area is 152 Å². The van der Waals surface area contributed by atoms with Crippen LogP contribution in [0.15, 0.2) is 70.4 Å². The van der Waals surface area contributed by atoms with Crippen molar-refractivity contribution < 1.29 is 9.34 Å². The molecular weight excluding hydrogens is 356 g/mol. The van der Waals surface area contributed by atoms with Crippen LogP contribution < -0.4 is 0 Å². The van der Waals surface area contributed by atoms with Crippen molar-refractivity contribution in [2.75, 3.05) is 0 Å². The summed E-state index contributed by atoms with van der Waals surface area (Å²) in [6.45, 7) is 0. The van der Waals surface area contributed by atoms with E-state index in [1.165, 1.54) is 12.1 Å². The highest BCUT2D eigenvalue weighted by molar-refractivity contribution is 6.30.